The molecule has 2 nitrogen and oxygen atoms in total. The second-order valence-electron chi connectivity index (χ2n) is 4.32. The molecular formula is C13H13FN2S. The standard InChI is InChI=1S/C13H13FN2S/c1-9-8-17-13(16(9)10-6-7-10)15-12-5-3-2-4-11(12)14/h2-5,8,10H,6-7H2,1H3. The van der Waals surface area contributed by atoms with Crippen molar-refractivity contribution >= 4 is 17.0 Å². The summed E-state index contributed by atoms with van der Waals surface area (Å²) in [4.78, 5) is 5.33. The monoisotopic (exact) mass is 248 g/mol. The van der Waals surface area contributed by atoms with E-state index in [0.29, 0.717) is 11.7 Å². The Balaban J connectivity index is 2.13. The second-order valence-corrected chi connectivity index (χ2v) is 5.16. The Morgan fingerprint density at radius 3 is 2.82 bits per heavy atom. The number of hydrogen-bond acceptors (Lipinski definition) is 2. The van der Waals surface area contributed by atoms with Crippen LogP contribution in [0.3, 0.4) is 0 Å². The van der Waals surface area contributed by atoms with Gasteiger partial charge in [0.1, 0.15) is 11.5 Å². The highest BCUT2D eigenvalue weighted by molar-refractivity contribution is 7.07. The van der Waals surface area contributed by atoms with Gasteiger partial charge in [-0.2, -0.15) is 0 Å². The van der Waals surface area contributed by atoms with Crippen molar-refractivity contribution in [1.82, 2.24) is 4.57 Å². The van der Waals surface area contributed by atoms with Gasteiger partial charge in [0.2, 0.25) is 0 Å². The Bertz CT molecular complexity index is 608. The Hall–Kier alpha value is -1.42. The molecule has 1 aromatic heterocycles. The van der Waals surface area contributed by atoms with E-state index in [4.69, 9.17) is 0 Å². The first-order valence-corrected chi connectivity index (χ1v) is 6.59. The average Bonchev–Trinajstić information content (AvgIpc) is 3.08. The van der Waals surface area contributed by atoms with Crippen LogP contribution in [0.5, 0.6) is 0 Å². The summed E-state index contributed by atoms with van der Waals surface area (Å²) in [5, 5.41) is 2.08. The molecule has 0 atom stereocenters. The van der Waals surface area contributed by atoms with Crippen LogP contribution in [-0.4, -0.2) is 4.57 Å². The topological polar surface area (TPSA) is 17.3 Å². The van der Waals surface area contributed by atoms with Crippen LogP contribution in [0.25, 0.3) is 0 Å². The van der Waals surface area contributed by atoms with E-state index in [1.807, 2.05) is 6.07 Å². The zero-order chi connectivity index (χ0) is 11.8. The van der Waals surface area contributed by atoms with Crippen molar-refractivity contribution < 1.29 is 4.39 Å². The van der Waals surface area contributed by atoms with Crippen molar-refractivity contribution in [1.29, 1.82) is 0 Å². The number of thiazole rings is 1. The molecule has 0 aliphatic heterocycles. The molecule has 0 amide bonds. The molecule has 17 heavy (non-hydrogen) atoms. The summed E-state index contributed by atoms with van der Waals surface area (Å²) in [6, 6.07) is 7.22. The molecule has 0 unspecified atom stereocenters. The second kappa shape index (κ2) is 4.11. The molecule has 0 radical (unpaired) electrons. The smallest absolute Gasteiger partial charge is 0.190 e. The molecule has 1 heterocycles. The van der Waals surface area contributed by atoms with Gasteiger partial charge in [0.15, 0.2) is 4.80 Å². The lowest BCUT2D eigenvalue weighted by Crippen LogP contribution is -2.14. The molecule has 88 valence electrons. The quantitative estimate of drug-likeness (QED) is 0.773. The summed E-state index contributed by atoms with van der Waals surface area (Å²) in [7, 11) is 0. The fraction of sp³-hybridized carbons (Fsp3) is 0.308. The van der Waals surface area contributed by atoms with Crippen molar-refractivity contribution in [2.75, 3.05) is 0 Å². The fourth-order valence-electron chi connectivity index (χ4n) is 1.90. The van der Waals surface area contributed by atoms with E-state index < -0.39 is 0 Å². The van der Waals surface area contributed by atoms with Gasteiger partial charge in [0.05, 0.1) is 0 Å². The molecular weight excluding hydrogens is 235 g/mol. The van der Waals surface area contributed by atoms with E-state index in [1.54, 1.807) is 23.5 Å². The molecule has 1 aromatic carbocycles. The molecule has 1 saturated carbocycles. The first-order valence-electron chi connectivity index (χ1n) is 5.71. The Morgan fingerprint density at radius 1 is 1.35 bits per heavy atom. The summed E-state index contributed by atoms with van der Waals surface area (Å²) in [5.41, 5.74) is 1.64. The van der Waals surface area contributed by atoms with E-state index in [1.165, 1.54) is 24.6 Å². The summed E-state index contributed by atoms with van der Waals surface area (Å²) in [6.07, 6.45) is 2.42. The maximum Gasteiger partial charge on any atom is 0.190 e. The van der Waals surface area contributed by atoms with Crippen LogP contribution >= 0.6 is 11.3 Å². The zero-order valence-corrected chi connectivity index (χ0v) is 10.4. The van der Waals surface area contributed by atoms with Gasteiger partial charge in [-0.15, -0.1) is 11.3 Å². The van der Waals surface area contributed by atoms with Crippen molar-refractivity contribution in [3.05, 3.63) is 46.0 Å². The largest absolute Gasteiger partial charge is 0.318 e. The van der Waals surface area contributed by atoms with Crippen LogP contribution in [0.4, 0.5) is 10.1 Å². The van der Waals surface area contributed by atoms with E-state index >= 15 is 0 Å². The van der Waals surface area contributed by atoms with Crippen LogP contribution in [0, 0.1) is 12.7 Å². The minimum absolute atomic E-state index is 0.263. The predicted molar refractivity (Wildman–Crippen MR) is 66.9 cm³/mol. The molecule has 1 fully saturated rings. The van der Waals surface area contributed by atoms with Gasteiger partial charge >= 0.3 is 0 Å². The number of benzene rings is 1. The molecule has 2 aromatic rings. The summed E-state index contributed by atoms with van der Waals surface area (Å²) < 4.78 is 15.8. The van der Waals surface area contributed by atoms with E-state index in [2.05, 4.69) is 21.9 Å². The van der Waals surface area contributed by atoms with Crippen molar-refractivity contribution in [3.8, 4) is 0 Å². The normalized spacial score (nSPS) is 16.5. The zero-order valence-electron chi connectivity index (χ0n) is 9.56. The van der Waals surface area contributed by atoms with Gasteiger partial charge < -0.3 is 4.57 Å². The number of aromatic nitrogens is 1. The van der Waals surface area contributed by atoms with Crippen molar-refractivity contribution in [2.24, 2.45) is 4.99 Å². The maximum absolute atomic E-state index is 13.5. The van der Waals surface area contributed by atoms with Crippen LogP contribution in [-0.2, 0) is 0 Å². The summed E-state index contributed by atoms with van der Waals surface area (Å²) in [5.74, 6) is -0.263. The molecule has 0 bridgehead atoms. The highest BCUT2D eigenvalue weighted by Crippen LogP contribution is 2.35. The minimum Gasteiger partial charge on any atom is -0.318 e. The lowest BCUT2D eigenvalue weighted by molar-refractivity contribution is 0.626. The number of halogens is 1. The number of para-hydroxylation sites is 1. The van der Waals surface area contributed by atoms with Crippen molar-refractivity contribution in [3.63, 3.8) is 0 Å². The van der Waals surface area contributed by atoms with Gasteiger partial charge in [0, 0.05) is 17.1 Å². The molecule has 3 rings (SSSR count). The molecule has 0 saturated heterocycles. The van der Waals surface area contributed by atoms with E-state index in [0.717, 1.165) is 4.80 Å². The third kappa shape index (κ3) is 2.05. The van der Waals surface area contributed by atoms with E-state index in [-0.39, 0.29) is 5.82 Å². The first-order chi connectivity index (χ1) is 8.25. The van der Waals surface area contributed by atoms with Crippen LogP contribution in [0.2, 0.25) is 0 Å². The lowest BCUT2D eigenvalue weighted by Gasteiger charge is -2.02. The minimum atomic E-state index is -0.263. The number of aryl methyl sites for hydroxylation is 1. The highest BCUT2D eigenvalue weighted by atomic mass is 32.1. The highest BCUT2D eigenvalue weighted by Gasteiger charge is 2.25. The van der Waals surface area contributed by atoms with Crippen LogP contribution < -0.4 is 4.80 Å². The molecule has 1 aliphatic carbocycles. The van der Waals surface area contributed by atoms with Crippen LogP contribution in [0.1, 0.15) is 24.6 Å². The fourth-order valence-corrected chi connectivity index (χ4v) is 2.85. The molecule has 1 aliphatic rings. The SMILES string of the molecule is Cc1csc(=Nc2ccccc2F)n1C1CC1. The van der Waals surface area contributed by atoms with Crippen LogP contribution in [0.15, 0.2) is 34.6 Å². The number of nitrogens with zero attached hydrogens (tertiary/aromatic N) is 2. The molecule has 0 spiro atoms. The summed E-state index contributed by atoms with van der Waals surface area (Å²) >= 11 is 1.58. The van der Waals surface area contributed by atoms with Gasteiger partial charge in [-0.05, 0) is 31.9 Å². The van der Waals surface area contributed by atoms with Gasteiger partial charge in [-0.25, -0.2) is 9.38 Å². The molecule has 4 heteroatoms. The number of rotatable bonds is 2. The van der Waals surface area contributed by atoms with Crippen molar-refractivity contribution in [2.45, 2.75) is 25.8 Å². The van der Waals surface area contributed by atoms with Gasteiger partial charge in [-0.3, -0.25) is 0 Å². The lowest BCUT2D eigenvalue weighted by atomic mass is 10.3. The predicted octanol–water partition coefficient (Wildman–Crippen LogP) is 3.56. The third-order valence-corrected chi connectivity index (χ3v) is 3.86. The van der Waals surface area contributed by atoms with E-state index in [9.17, 15) is 4.39 Å². The van der Waals surface area contributed by atoms with Gasteiger partial charge in [0.25, 0.3) is 0 Å². The molecule has 0 N–H and O–H groups in total. The maximum atomic E-state index is 13.5. The summed E-state index contributed by atoms with van der Waals surface area (Å²) in [6.45, 7) is 2.08. The average molecular weight is 248 g/mol. The Kier molecular flexibility index (Phi) is 2.59. The Labute approximate surface area is 103 Å². The Morgan fingerprint density at radius 2 is 2.12 bits per heavy atom. The first kappa shape index (κ1) is 10.7. The van der Waals surface area contributed by atoms with Gasteiger partial charge in [-0.1, -0.05) is 12.1 Å². The number of hydrogen-bond donors (Lipinski definition) is 0. The third-order valence-electron chi connectivity index (χ3n) is 2.90.